The summed E-state index contributed by atoms with van der Waals surface area (Å²) in [7, 11) is 0. The first-order valence-electron chi connectivity index (χ1n) is 4.71. The van der Waals surface area contributed by atoms with E-state index in [0.29, 0.717) is 12.0 Å². The summed E-state index contributed by atoms with van der Waals surface area (Å²) in [6, 6.07) is 0.429. The Morgan fingerprint density at radius 2 is 1.73 bits per heavy atom. The van der Waals surface area contributed by atoms with Crippen molar-refractivity contribution >= 4 is 0 Å². The molecule has 2 fully saturated rings. The minimum Gasteiger partial charge on any atom is -0.393 e. The molecule has 0 aromatic heterocycles. The van der Waals surface area contributed by atoms with Gasteiger partial charge in [-0.1, -0.05) is 0 Å². The van der Waals surface area contributed by atoms with Crippen LogP contribution in [0.5, 0.6) is 0 Å². The normalized spacial score (nSPS) is 50.7. The van der Waals surface area contributed by atoms with Gasteiger partial charge in [0.2, 0.25) is 0 Å². The van der Waals surface area contributed by atoms with E-state index in [0.717, 1.165) is 31.6 Å². The summed E-state index contributed by atoms with van der Waals surface area (Å²) in [5.41, 5.74) is 5.95. The lowest BCUT2D eigenvalue weighted by Gasteiger charge is -2.41. The Morgan fingerprint density at radius 3 is 2.55 bits per heavy atom. The van der Waals surface area contributed by atoms with Crippen LogP contribution >= 0.6 is 0 Å². The topological polar surface area (TPSA) is 46.2 Å². The Bertz CT molecular complexity index is 132. The highest BCUT2D eigenvalue weighted by atomic mass is 16.3. The second-order valence-corrected chi connectivity index (χ2v) is 4.14. The molecular weight excluding hydrogens is 138 g/mol. The predicted octanol–water partition coefficient (Wildman–Crippen LogP) is 0.885. The summed E-state index contributed by atoms with van der Waals surface area (Å²) in [4.78, 5) is 0. The van der Waals surface area contributed by atoms with Crippen LogP contribution in [0.1, 0.15) is 32.1 Å². The third-order valence-electron chi connectivity index (χ3n) is 3.46. The van der Waals surface area contributed by atoms with Crippen LogP contribution in [0.3, 0.4) is 0 Å². The summed E-state index contributed by atoms with van der Waals surface area (Å²) in [6.07, 6.45) is 5.59. The molecule has 0 radical (unpaired) electrons. The van der Waals surface area contributed by atoms with Crippen molar-refractivity contribution in [2.75, 3.05) is 0 Å². The zero-order valence-corrected chi connectivity index (χ0v) is 6.87. The monoisotopic (exact) mass is 155 g/mol. The van der Waals surface area contributed by atoms with Crippen LogP contribution in [0.15, 0.2) is 0 Å². The molecule has 2 saturated carbocycles. The third-order valence-corrected chi connectivity index (χ3v) is 3.46. The molecule has 2 aliphatic rings. The van der Waals surface area contributed by atoms with Crippen molar-refractivity contribution in [2.45, 2.75) is 44.2 Å². The SMILES string of the molecule is NC1CC[C@@H]2C[C@H]1CCC2O. The summed E-state index contributed by atoms with van der Waals surface area (Å²) >= 11 is 0. The zero-order chi connectivity index (χ0) is 7.84. The molecule has 64 valence electrons. The van der Waals surface area contributed by atoms with Crippen LogP contribution in [0.25, 0.3) is 0 Å². The number of rotatable bonds is 0. The van der Waals surface area contributed by atoms with Gasteiger partial charge < -0.3 is 10.8 Å². The van der Waals surface area contributed by atoms with Crippen molar-refractivity contribution in [3.8, 4) is 0 Å². The number of hydrogen-bond donors (Lipinski definition) is 2. The lowest BCUT2D eigenvalue weighted by Crippen LogP contribution is -2.43. The fourth-order valence-electron chi connectivity index (χ4n) is 2.63. The van der Waals surface area contributed by atoms with E-state index in [1.165, 1.54) is 6.42 Å². The van der Waals surface area contributed by atoms with Gasteiger partial charge in [0, 0.05) is 6.04 Å². The Hall–Kier alpha value is -0.0800. The second kappa shape index (κ2) is 2.76. The van der Waals surface area contributed by atoms with E-state index < -0.39 is 0 Å². The van der Waals surface area contributed by atoms with E-state index in [9.17, 15) is 5.11 Å². The average Bonchev–Trinajstić information content (AvgIpc) is 2.02. The number of fused-ring (bicyclic) bond motifs is 2. The van der Waals surface area contributed by atoms with Crippen LogP contribution < -0.4 is 5.73 Å². The Balaban J connectivity index is 2.02. The number of aliphatic hydroxyl groups excluding tert-OH is 1. The Kier molecular flexibility index (Phi) is 1.90. The smallest absolute Gasteiger partial charge is 0.0568 e. The molecule has 2 heteroatoms. The van der Waals surface area contributed by atoms with E-state index in [4.69, 9.17) is 5.73 Å². The molecule has 0 amide bonds. The second-order valence-electron chi connectivity index (χ2n) is 4.14. The van der Waals surface area contributed by atoms with Crippen molar-refractivity contribution in [3.05, 3.63) is 0 Å². The van der Waals surface area contributed by atoms with Crippen LogP contribution in [0.2, 0.25) is 0 Å². The quantitative estimate of drug-likeness (QED) is 0.545. The molecule has 4 atom stereocenters. The van der Waals surface area contributed by atoms with Gasteiger partial charge in [-0.3, -0.25) is 0 Å². The number of nitrogens with two attached hydrogens (primary N) is 1. The molecule has 2 bridgehead atoms. The van der Waals surface area contributed by atoms with Gasteiger partial charge in [0.05, 0.1) is 6.10 Å². The third kappa shape index (κ3) is 1.30. The van der Waals surface area contributed by atoms with Gasteiger partial charge in [-0.15, -0.1) is 0 Å². The summed E-state index contributed by atoms with van der Waals surface area (Å²) in [5, 5.41) is 9.57. The van der Waals surface area contributed by atoms with E-state index in [2.05, 4.69) is 0 Å². The molecule has 0 aromatic carbocycles. The molecular formula is C9H17NO. The van der Waals surface area contributed by atoms with Gasteiger partial charge in [0.25, 0.3) is 0 Å². The molecule has 0 saturated heterocycles. The van der Waals surface area contributed by atoms with Crippen LogP contribution in [0.4, 0.5) is 0 Å². The highest BCUT2D eigenvalue weighted by Gasteiger charge is 2.35. The van der Waals surface area contributed by atoms with Gasteiger partial charge in [0.1, 0.15) is 0 Å². The van der Waals surface area contributed by atoms with Gasteiger partial charge >= 0.3 is 0 Å². The maximum Gasteiger partial charge on any atom is 0.0568 e. The molecule has 2 aliphatic carbocycles. The van der Waals surface area contributed by atoms with Crippen molar-refractivity contribution < 1.29 is 5.11 Å². The van der Waals surface area contributed by atoms with Crippen molar-refractivity contribution in [1.29, 1.82) is 0 Å². The van der Waals surface area contributed by atoms with Gasteiger partial charge in [-0.25, -0.2) is 0 Å². The highest BCUT2D eigenvalue weighted by molar-refractivity contribution is 4.89. The van der Waals surface area contributed by atoms with Crippen LogP contribution in [-0.2, 0) is 0 Å². The van der Waals surface area contributed by atoms with Crippen LogP contribution in [0, 0.1) is 11.8 Å². The maximum atomic E-state index is 9.57. The van der Waals surface area contributed by atoms with Gasteiger partial charge in [0.15, 0.2) is 0 Å². The zero-order valence-electron chi connectivity index (χ0n) is 6.87. The van der Waals surface area contributed by atoms with Gasteiger partial charge in [-0.05, 0) is 43.9 Å². The number of hydrogen-bond acceptors (Lipinski definition) is 2. The minimum atomic E-state index is -0.0150. The van der Waals surface area contributed by atoms with Crippen molar-refractivity contribution in [2.24, 2.45) is 17.6 Å². The van der Waals surface area contributed by atoms with Crippen molar-refractivity contribution in [1.82, 2.24) is 0 Å². The van der Waals surface area contributed by atoms with E-state index >= 15 is 0 Å². The minimum absolute atomic E-state index is 0.0150. The first-order chi connectivity index (χ1) is 5.27. The first-order valence-corrected chi connectivity index (χ1v) is 4.71. The molecule has 0 spiro atoms. The summed E-state index contributed by atoms with van der Waals surface area (Å²) in [6.45, 7) is 0. The van der Waals surface area contributed by atoms with Crippen LogP contribution in [-0.4, -0.2) is 17.3 Å². The number of aliphatic hydroxyl groups is 1. The fraction of sp³-hybridized carbons (Fsp3) is 1.00. The summed E-state index contributed by atoms with van der Waals surface area (Å²) < 4.78 is 0. The summed E-state index contributed by atoms with van der Waals surface area (Å²) in [5.74, 6) is 1.30. The molecule has 0 aromatic rings. The maximum absolute atomic E-state index is 9.57. The molecule has 2 unspecified atom stereocenters. The Labute approximate surface area is 67.8 Å². The average molecular weight is 155 g/mol. The Morgan fingerprint density at radius 1 is 1.00 bits per heavy atom. The molecule has 0 aliphatic heterocycles. The molecule has 2 nitrogen and oxygen atoms in total. The molecule has 11 heavy (non-hydrogen) atoms. The van der Waals surface area contributed by atoms with E-state index in [-0.39, 0.29) is 6.10 Å². The highest BCUT2D eigenvalue weighted by Crippen LogP contribution is 2.39. The lowest BCUT2D eigenvalue weighted by molar-refractivity contribution is 0.0151. The van der Waals surface area contributed by atoms with Crippen molar-refractivity contribution in [3.63, 3.8) is 0 Å². The lowest BCUT2D eigenvalue weighted by atomic mass is 9.69. The first kappa shape index (κ1) is 7.56. The fourth-order valence-corrected chi connectivity index (χ4v) is 2.63. The van der Waals surface area contributed by atoms with E-state index in [1.807, 2.05) is 0 Å². The van der Waals surface area contributed by atoms with Gasteiger partial charge in [-0.2, -0.15) is 0 Å². The molecule has 0 heterocycles. The van der Waals surface area contributed by atoms with E-state index in [1.54, 1.807) is 0 Å². The molecule has 3 N–H and O–H groups in total. The largest absolute Gasteiger partial charge is 0.393 e. The molecule has 2 rings (SSSR count). The standard InChI is InChI=1S/C9H17NO/c10-8-3-1-7-5-6(8)2-4-9(7)11/h6-9,11H,1-5,10H2/t6-,7-,8?,9?/m1/s1. The predicted molar refractivity (Wildman–Crippen MR) is 44.0 cm³/mol.